The van der Waals surface area contributed by atoms with Crippen molar-refractivity contribution < 1.29 is 9.18 Å². The monoisotopic (exact) mass is 413 g/mol. The maximum atomic E-state index is 13.6. The zero-order chi connectivity index (χ0) is 18.7. The number of aromatic nitrogens is 1. The van der Waals surface area contributed by atoms with Crippen LogP contribution in [0, 0.1) is 18.7 Å². The minimum atomic E-state index is -0.628. The number of piperidine rings is 1. The van der Waals surface area contributed by atoms with Crippen molar-refractivity contribution in [3.63, 3.8) is 0 Å². The topological polar surface area (TPSA) is 63.1 Å². The van der Waals surface area contributed by atoms with Crippen molar-refractivity contribution in [2.75, 3.05) is 18.4 Å². The van der Waals surface area contributed by atoms with Crippen LogP contribution in [0.15, 0.2) is 35.3 Å². The van der Waals surface area contributed by atoms with Crippen molar-refractivity contribution in [1.29, 1.82) is 0 Å². The molecule has 1 amide bonds. The Kier molecular flexibility index (Phi) is 7.41. The summed E-state index contributed by atoms with van der Waals surface area (Å²) in [4.78, 5) is 25.4. The molecule has 1 aliphatic heterocycles. The van der Waals surface area contributed by atoms with E-state index in [4.69, 9.17) is 11.6 Å². The van der Waals surface area contributed by atoms with Gasteiger partial charge in [0.1, 0.15) is 11.4 Å². The number of hydrogen-bond donors (Lipinski definition) is 2. The number of carbonyl (C=O) groups is 1. The molecule has 1 fully saturated rings. The molecule has 0 spiro atoms. The van der Waals surface area contributed by atoms with Crippen LogP contribution in [-0.4, -0.2) is 23.6 Å². The predicted octanol–water partition coefficient (Wildman–Crippen LogP) is 3.62. The van der Waals surface area contributed by atoms with Crippen LogP contribution < -0.4 is 16.2 Å². The number of nitrogens with one attached hydrogen (secondary N) is 2. The molecule has 1 aliphatic rings. The first kappa shape index (κ1) is 21.4. The van der Waals surface area contributed by atoms with E-state index in [1.165, 1.54) is 12.1 Å². The van der Waals surface area contributed by atoms with Crippen LogP contribution in [0.2, 0.25) is 5.02 Å². The molecule has 146 valence electrons. The van der Waals surface area contributed by atoms with Gasteiger partial charge in [-0.3, -0.25) is 9.59 Å². The molecule has 1 aromatic carbocycles. The summed E-state index contributed by atoms with van der Waals surface area (Å²) in [6.45, 7) is 4.16. The first-order valence-corrected chi connectivity index (χ1v) is 9.00. The molecule has 1 atom stereocenters. The highest BCUT2D eigenvalue weighted by molar-refractivity contribution is 6.30. The minimum Gasteiger partial charge on any atom is -0.322 e. The number of aryl methyl sites for hydroxylation is 1. The number of carbonyl (C=O) groups excluding carboxylic acids is 1. The minimum absolute atomic E-state index is 0. The number of amides is 1. The zero-order valence-electron chi connectivity index (χ0n) is 14.9. The summed E-state index contributed by atoms with van der Waals surface area (Å²) in [5.41, 5.74) is 0.580. The maximum absolute atomic E-state index is 13.6. The van der Waals surface area contributed by atoms with E-state index in [0.717, 1.165) is 32.0 Å². The lowest BCUT2D eigenvalue weighted by molar-refractivity contribution is 0.102. The number of halogens is 3. The van der Waals surface area contributed by atoms with E-state index in [1.807, 2.05) is 0 Å². The fourth-order valence-corrected chi connectivity index (χ4v) is 3.33. The van der Waals surface area contributed by atoms with Crippen LogP contribution in [0.25, 0.3) is 0 Å². The van der Waals surface area contributed by atoms with Gasteiger partial charge in [-0.05, 0) is 68.6 Å². The summed E-state index contributed by atoms with van der Waals surface area (Å²) in [5, 5.41) is 5.87. The summed E-state index contributed by atoms with van der Waals surface area (Å²) in [7, 11) is 0. The van der Waals surface area contributed by atoms with Crippen molar-refractivity contribution in [2.24, 2.45) is 5.92 Å². The Morgan fingerprint density at radius 2 is 2.19 bits per heavy atom. The van der Waals surface area contributed by atoms with Crippen molar-refractivity contribution in [3.8, 4) is 0 Å². The average molecular weight is 414 g/mol. The molecule has 2 N–H and O–H groups in total. The standard InChI is InChI=1S/C19H21ClFN3O2.ClH/c1-12-6-8-24(11-13-3-2-7-22-10-13)19(26)17(12)18(25)23-14-4-5-15(20)16(21)9-14;/h4-6,8-9,13,22H,2-3,7,10-11H2,1H3,(H,23,25);1H. The van der Waals surface area contributed by atoms with Crippen molar-refractivity contribution in [2.45, 2.75) is 26.3 Å². The van der Waals surface area contributed by atoms with Gasteiger partial charge in [0.15, 0.2) is 0 Å². The molecule has 0 aliphatic carbocycles. The number of benzene rings is 1. The van der Waals surface area contributed by atoms with E-state index < -0.39 is 11.7 Å². The first-order chi connectivity index (χ1) is 12.5. The quantitative estimate of drug-likeness (QED) is 0.804. The van der Waals surface area contributed by atoms with Gasteiger partial charge in [-0.2, -0.15) is 0 Å². The largest absolute Gasteiger partial charge is 0.322 e. The SMILES string of the molecule is Cc1ccn(CC2CCCNC2)c(=O)c1C(=O)Nc1ccc(Cl)c(F)c1.Cl. The highest BCUT2D eigenvalue weighted by Crippen LogP contribution is 2.19. The number of hydrogen-bond acceptors (Lipinski definition) is 3. The van der Waals surface area contributed by atoms with Gasteiger partial charge in [-0.25, -0.2) is 4.39 Å². The van der Waals surface area contributed by atoms with E-state index >= 15 is 0 Å². The summed E-state index contributed by atoms with van der Waals surface area (Å²) < 4.78 is 15.1. The molecule has 1 unspecified atom stereocenters. The molecule has 0 radical (unpaired) electrons. The highest BCUT2D eigenvalue weighted by Gasteiger charge is 2.19. The molecular formula is C19H22Cl2FN3O2. The molecular weight excluding hydrogens is 392 g/mol. The maximum Gasteiger partial charge on any atom is 0.263 e. The van der Waals surface area contributed by atoms with Gasteiger partial charge in [-0.1, -0.05) is 11.6 Å². The normalized spacial score (nSPS) is 16.5. The number of pyridine rings is 1. The second-order valence-corrected chi connectivity index (χ2v) is 7.03. The molecule has 0 bridgehead atoms. The van der Waals surface area contributed by atoms with Crippen LogP contribution in [0.3, 0.4) is 0 Å². The molecule has 2 aromatic rings. The molecule has 5 nitrogen and oxygen atoms in total. The summed E-state index contributed by atoms with van der Waals surface area (Å²) in [6.07, 6.45) is 3.87. The fraction of sp³-hybridized carbons (Fsp3) is 0.368. The van der Waals surface area contributed by atoms with Crippen LogP contribution >= 0.6 is 24.0 Å². The third kappa shape index (κ3) is 5.09. The third-order valence-electron chi connectivity index (χ3n) is 4.63. The zero-order valence-corrected chi connectivity index (χ0v) is 16.5. The summed E-state index contributed by atoms with van der Waals surface area (Å²) in [5.74, 6) is -0.813. The van der Waals surface area contributed by atoms with E-state index in [0.29, 0.717) is 18.0 Å². The Morgan fingerprint density at radius 3 is 2.85 bits per heavy atom. The number of nitrogens with zero attached hydrogens (tertiary/aromatic N) is 1. The molecule has 2 heterocycles. The molecule has 8 heteroatoms. The lowest BCUT2D eigenvalue weighted by atomic mass is 9.99. The highest BCUT2D eigenvalue weighted by atomic mass is 35.5. The van der Waals surface area contributed by atoms with Crippen LogP contribution in [-0.2, 0) is 6.54 Å². The van der Waals surface area contributed by atoms with Gasteiger partial charge in [0, 0.05) is 18.4 Å². The Labute approximate surface area is 168 Å². The third-order valence-corrected chi connectivity index (χ3v) is 4.94. The molecule has 1 saturated heterocycles. The van der Waals surface area contributed by atoms with Gasteiger partial charge in [0.05, 0.1) is 5.02 Å². The average Bonchev–Trinajstić information content (AvgIpc) is 2.62. The van der Waals surface area contributed by atoms with Crippen molar-refractivity contribution in [3.05, 3.63) is 62.8 Å². The number of rotatable bonds is 4. The molecule has 27 heavy (non-hydrogen) atoms. The van der Waals surface area contributed by atoms with Gasteiger partial charge in [-0.15, -0.1) is 12.4 Å². The van der Waals surface area contributed by atoms with Crippen LogP contribution in [0.1, 0.15) is 28.8 Å². The van der Waals surface area contributed by atoms with Gasteiger partial charge < -0.3 is 15.2 Å². The summed E-state index contributed by atoms with van der Waals surface area (Å²) >= 11 is 5.65. The van der Waals surface area contributed by atoms with Crippen molar-refractivity contribution >= 4 is 35.6 Å². The van der Waals surface area contributed by atoms with Crippen LogP contribution in [0.4, 0.5) is 10.1 Å². The van der Waals surface area contributed by atoms with Gasteiger partial charge >= 0.3 is 0 Å². The van der Waals surface area contributed by atoms with Gasteiger partial charge in [0.25, 0.3) is 11.5 Å². The Morgan fingerprint density at radius 1 is 1.41 bits per heavy atom. The summed E-state index contributed by atoms with van der Waals surface area (Å²) in [6, 6.07) is 5.74. The Balaban J connectivity index is 0.00000261. The van der Waals surface area contributed by atoms with E-state index in [1.54, 1.807) is 23.8 Å². The number of anilines is 1. The van der Waals surface area contributed by atoms with Gasteiger partial charge in [0.2, 0.25) is 0 Å². The van der Waals surface area contributed by atoms with Crippen LogP contribution in [0.5, 0.6) is 0 Å². The van der Waals surface area contributed by atoms with E-state index in [2.05, 4.69) is 10.6 Å². The Hall–Kier alpha value is -1.89. The fourth-order valence-electron chi connectivity index (χ4n) is 3.21. The smallest absolute Gasteiger partial charge is 0.263 e. The molecule has 1 aromatic heterocycles. The van der Waals surface area contributed by atoms with E-state index in [-0.39, 0.29) is 34.2 Å². The second kappa shape index (κ2) is 9.35. The molecule has 3 rings (SSSR count). The first-order valence-electron chi connectivity index (χ1n) is 8.63. The lowest BCUT2D eigenvalue weighted by Crippen LogP contribution is -2.36. The van der Waals surface area contributed by atoms with E-state index in [9.17, 15) is 14.0 Å². The van der Waals surface area contributed by atoms with Crippen molar-refractivity contribution in [1.82, 2.24) is 9.88 Å². The lowest BCUT2D eigenvalue weighted by Gasteiger charge is -2.23. The Bertz CT molecular complexity index is 880. The predicted molar refractivity (Wildman–Crippen MR) is 108 cm³/mol. The molecule has 0 saturated carbocycles. The second-order valence-electron chi connectivity index (χ2n) is 6.63.